The molecule has 0 aromatic heterocycles. The first-order valence-electron chi connectivity index (χ1n) is 4.66. The van der Waals surface area contributed by atoms with Gasteiger partial charge in [0.1, 0.15) is 18.4 Å². The highest BCUT2D eigenvalue weighted by molar-refractivity contribution is 4.87. The highest BCUT2D eigenvalue weighted by Crippen LogP contribution is 2.30. The maximum Gasteiger partial charge on any atom is 0.163 e. The van der Waals surface area contributed by atoms with E-state index in [0.717, 1.165) is 0 Å². The molecule has 0 saturated carbocycles. The third-order valence-electron chi connectivity index (χ3n) is 2.46. The van der Waals surface area contributed by atoms with E-state index < -0.39 is 18.1 Å². The van der Waals surface area contributed by atoms with E-state index in [0.29, 0.717) is 19.6 Å². The SMILES string of the molecule is CC1(C)OCC([C@@H]2OCC[C@H]2F)O1. The van der Waals surface area contributed by atoms with Crippen molar-refractivity contribution in [1.29, 1.82) is 0 Å². The minimum Gasteiger partial charge on any atom is -0.372 e. The monoisotopic (exact) mass is 190 g/mol. The van der Waals surface area contributed by atoms with Crippen LogP contribution in [0, 0.1) is 0 Å². The van der Waals surface area contributed by atoms with Crippen LogP contribution in [-0.2, 0) is 14.2 Å². The van der Waals surface area contributed by atoms with Gasteiger partial charge in [0.25, 0.3) is 0 Å². The van der Waals surface area contributed by atoms with Crippen LogP contribution in [0.1, 0.15) is 20.3 Å². The van der Waals surface area contributed by atoms with E-state index in [1.807, 2.05) is 13.8 Å². The molecule has 0 radical (unpaired) electrons. The van der Waals surface area contributed by atoms with Crippen molar-refractivity contribution in [2.24, 2.45) is 0 Å². The third kappa shape index (κ3) is 1.85. The van der Waals surface area contributed by atoms with Crippen LogP contribution in [0.3, 0.4) is 0 Å². The van der Waals surface area contributed by atoms with E-state index in [1.165, 1.54) is 0 Å². The molecule has 4 heteroatoms. The van der Waals surface area contributed by atoms with Crippen molar-refractivity contribution in [3.05, 3.63) is 0 Å². The zero-order valence-electron chi connectivity index (χ0n) is 7.96. The van der Waals surface area contributed by atoms with Gasteiger partial charge in [-0.15, -0.1) is 0 Å². The molecule has 76 valence electrons. The molecule has 3 atom stereocenters. The molecule has 0 aromatic carbocycles. The fraction of sp³-hybridized carbons (Fsp3) is 1.00. The first-order chi connectivity index (χ1) is 6.08. The summed E-state index contributed by atoms with van der Waals surface area (Å²) in [7, 11) is 0. The normalized spacial score (nSPS) is 44.1. The molecule has 2 heterocycles. The molecule has 0 bridgehead atoms. The second-order valence-corrected chi connectivity index (χ2v) is 4.01. The average molecular weight is 190 g/mol. The van der Waals surface area contributed by atoms with E-state index in [2.05, 4.69) is 0 Å². The van der Waals surface area contributed by atoms with Gasteiger partial charge in [0.05, 0.1) is 13.2 Å². The van der Waals surface area contributed by atoms with Crippen LogP contribution >= 0.6 is 0 Å². The van der Waals surface area contributed by atoms with E-state index >= 15 is 0 Å². The maximum atomic E-state index is 13.2. The van der Waals surface area contributed by atoms with Gasteiger partial charge in [-0.2, -0.15) is 0 Å². The first-order valence-corrected chi connectivity index (χ1v) is 4.66. The quantitative estimate of drug-likeness (QED) is 0.623. The number of rotatable bonds is 1. The molecule has 3 nitrogen and oxygen atoms in total. The third-order valence-corrected chi connectivity index (χ3v) is 2.46. The Morgan fingerprint density at radius 3 is 2.62 bits per heavy atom. The van der Waals surface area contributed by atoms with Crippen molar-refractivity contribution in [3.8, 4) is 0 Å². The van der Waals surface area contributed by atoms with Crippen LogP contribution in [0.5, 0.6) is 0 Å². The van der Waals surface area contributed by atoms with E-state index in [-0.39, 0.29) is 6.10 Å². The molecule has 1 unspecified atom stereocenters. The van der Waals surface area contributed by atoms with Crippen LogP contribution in [0.4, 0.5) is 4.39 Å². The van der Waals surface area contributed by atoms with Crippen LogP contribution in [0.25, 0.3) is 0 Å². The molecule has 2 aliphatic heterocycles. The lowest BCUT2D eigenvalue weighted by Crippen LogP contribution is -2.35. The molecular weight excluding hydrogens is 175 g/mol. The predicted octanol–water partition coefficient (Wildman–Crippen LogP) is 1.26. The molecular formula is C9H15FO3. The summed E-state index contributed by atoms with van der Waals surface area (Å²) < 4.78 is 29.4. The van der Waals surface area contributed by atoms with Crippen LogP contribution in [0.15, 0.2) is 0 Å². The second kappa shape index (κ2) is 3.19. The first kappa shape index (κ1) is 9.37. The fourth-order valence-corrected chi connectivity index (χ4v) is 1.80. The molecule has 0 amide bonds. The lowest BCUT2D eigenvalue weighted by atomic mass is 10.1. The van der Waals surface area contributed by atoms with Gasteiger partial charge in [0.2, 0.25) is 0 Å². The standard InChI is InChI=1S/C9H15FO3/c1-9(2)12-5-7(13-9)8-6(10)3-4-11-8/h6-8H,3-5H2,1-2H3/t6-,7?,8-/m1/s1. The summed E-state index contributed by atoms with van der Waals surface area (Å²) in [5, 5.41) is 0. The minimum atomic E-state index is -0.900. The minimum absolute atomic E-state index is 0.243. The highest BCUT2D eigenvalue weighted by atomic mass is 19.1. The Morgan fingerprint density at radius 1 is 1.38 bits per heavy atom. The molecule has 13 heavy (non-hydrogen) atoms. The number of hydrogen-bond acceptors (Lipinski definition) is 3. The largest absolute Gasteiger partial charge is 0.372 e. The molecule has 0 spiro atoms. The molecule has 0 aliphatic carbocycles. The number of alkyl halides is 1. The molecule has 2 saturated heterocycles. The lowest BCUT2D eigenvalue weighted by Gasteiger charge is -2.21. The Labute approximate surface area is 77.2 Å². The Kier molecular flexibility index (Phi) is 2.30. The number of hydrogen-bond donors (Lipinski definition) is 0. The summed E-state index contributed by atoms with van der Waals surface area (Å²) in [6.07, 6.45) is -1.10. The topological polar surface area (TPSA) is 27.7 Å². The van der Waals surface area contributed by atoms with E-state index in [9.17, 15) is 4.39 Å². The van der Waals surface area contributed by atoms with Gasteiger partial charge in [-0.05, 0) is 13.8 Å². The van der Waals surface area contributed by atoms with Gasteiger partial charge in [-0.1, -0.05) is 0 Å². The van der Waals surface area contributed by atoms with Crippen molar-refractivity contribution in [2.75, 3.05) is 13.2 Å². The number of ether oxygens (including phenoxy) is 3. The smallest absolute Gasteiger partial charge is 0.163 e. The van der Waals surface area contributed by atoms with Crippen molar-refractivity contribution in [3.63, 3.8) is 0 Å². The fourth-order valence-electron chi connectivity index (χ4n) is 1.80. The lowest BCUT2D eigenvalue weighted by molar-refractivity contribution is -0.155. The molecule has 0 N–H and O–H groups in total. The summed E-state index contributed by atoms with van der Waals surface area (Å²) in [5.74, 6) is -0.587. The molecule has 2 fully saturated rings. The highest BCUT2D eigenvalue weighted by Gasteiger charge is 2.43. The maximum absolute atomic E-state index is 13.2. The molecule has 0 aromatic rings. The molecule has 2 rings (SSSR count). The molecule has 2 aliphatic rings. The summed E-state index contributed by atoms with van der Waals surface area (Å²) in [6.45, 7) is 4.58. The second-order valence-electron chi connectivity index (χ2n) is 4.01. The van der Waals surface area contributed by atoms with Gasteiger partial charge in [0, 0.05) is 6.42 Å². The van der Waals surface area contributed by atoms with Crippen molar-refractivity contribution >= 4 is 0 Å². The van der Waals surface area contributed by atoms with Gasteiger partial charge in [-0.25, -0.2) is 4.39 Å². The van der Waals surface area contributed by atoms with Gasteiger partial charge in [0.15, 0.2) is 5.79 Å². The van der Waals surface area contributed by atoms with E-state index in [1.54, 1.807) is 0 Å². The van der Waals surface area contributed by atoms with Gasteiger partial charge in [-0.3, -0.25) is 0 Å². The Hall–Kier alpha value is -0.190. The summed E-state index contributed by atoms with van der Waals surface area (Å²) in [4.78, 5) is 0. The Balaban J connectivity index is 1.95. The van der Waals surface area contributed by atoms with Gasteiger partial charge < -0.3 is 14.2 Å². The summed E-state index contributed by atoms with van der Waals surface area (Å²) in [6, 6.07) is 0. The van der Waals surface area contributed by atoms with Crippen LogP contribution in [-0.4, -0.2) is 37.4 Å². The van der Waals surface area contributed by atoms with Crippen LogP contribution in [0.2, 0.25) is 0 Å². The summed E-state index contributed by atoms with van der Waals surface area (Å²) in [5.41, 5.74) is 0. The summed E-state index contributed by atoms with van der Waals surface area (Å²) >= 11 is 0. The average Bonchev–Trinajstić information content (AvgIpc) is 2.56. The van der Waals surface area contributed by atoms with Crippen molar-refractivity contribution in [1.82, 2.24) is 0 Å². The van der Waals surface area contributed by atoms with Gasteiger partial charge >= 0.3 is 0 Å². The van der Waals surface area contributed by atoms with Crippen LogP contribution < -0.4 is 0 Å². The van der Waals surface area contributed by atoms with Crippen molar-refractivity contribution in [2.45, 2.75) is 44.4 Å². The Morgan fingerprint density at radius 2 is 2.15 bits per heavy atom. The zero-order chi connectivity index (χ0) is 9.47. The number of halogens is 1. The van der Waals surface area contributed by atoms with E-state index in [4.69, 9.17) is 14.2 Å². The zero-order valence-corrected chi connectivity index (χ0v) is 7.96. The Bertz CT molecular complexity index is 195. The predicted molar refractivity (Wildman–Crippen MR) is 44.2 cm³/mol. The van der Waals surface area contributed by atoms with Crippen molar-refractivity contribution < 1.29 is 18.6 Å².